The van der Waals surface area contributed by atoms with Crippen molar-refractivity contribution in [1.29, 1.82) is 0 Å². The predicted octanol–water partition coefficient (Wildman–Crippen LogP) is 1.98. The summed E-state index contributed by atoms with van der Waals surface area (Å²) < 4.78 is 5.24. The van der Waals surface area contributed by atoms with Gasteiger partial charge in [-0.1, -0.05) is 36.4 Å². The number of hydrogen-bond donors (Lipinski definition) is 7. The van der Waals surface area contributed by atoms with Crippen LogP contribution >= 0.6 is 0 Å². The average Bonchev–Trinajstić information content (AvgIpc) is 2.96. The molecular formula is C29H44N6O6. The first-order valence-corrected chi connectivity index (χ1v) is 14.5. The van der Waals surface area contributed by atoms with E-state index in [2.05, 4.69) is 16.0 Å². The number of carbonyl (C=O) groups excluding carboxylic acids is 1. The summed E-state index contributed by atoms with van der Waals surface area (Å²) in [5, 5.41) is 51.6. The number of hydrogen-bond acceptors (Lipinski definition) is 11. The van der Waals surface area contributed by atoms with Gasteiger partial charge in [0.15, 0.2) is 12.7 Å². The minimum absolute atomic E-state index is 0.294. The lowest BCUT2D eigenvalue weighted by molar-refractivity contribution is -0.0987. The van der Waals surface area contributed by atoms with Crippen LogP contribution in [0.15, 0.2) is 48.5 Å². The van der Waals surface area contributed by atoms with Gasteiger partial charge in [-0.25, -0.2) is 14.6 Å². The molecule has 1 amide bonds. The number of benzene rings is 2. The van der Waals surface area contributed by atoms with Crippen molar-refractivity contribution in [3.63, 3.8) is 0 Å². The molecule has 7 N–H and O–H groups in total. The Morgan fingerprint density at radius 1 is 0.805 bits per heavy atom. The molecule has 0 fully saturated rings. The monoisotopic (exact) mass is 572 g/mol. The maximum Gasteiger partial charge on any atom is 0.409 e. The zero-order valence-corrected chi connectivity index (χ0v) is 23.7. The molecule has 2 heterocycles. The Balaban J connectivity index is 1.13. The minimum atomic E-state index is -1.02. The molecular weight excluding hydrogens is 528 g/mol. The molecule has 4 atom stereocenters. The van der Waals surface area contributed by atoms with E-state index in [-0.39, 0.29) is 6.09 Å². The average molecular weight is 573 g/mol. The first-order chi connectivity index (χ1) is 19.9. The summed E-state index contributed by atoms with van der Waals surface area (Å²) >= 11 is 0. The van der Waals surface area contributed by atoms with E-state index in [4.69, 9.17) is 4.74 Å². The summed E-state index contributed by atoms with van der Waals surface area (Å²) in [4.78, 5) is 17.4. The Bertz CT molecular complexity index is 1110. The lowest BCUT2D eigenvalue weighted by atomic mass is 10.1. The van der Waals surface area contributed by atoms with Crippen LogP contribution < -0.4 is 16.0 Å². The van der Waals surface area contributed by atoms with Gasteiger partial charge in [-0.05, 0) is 57.8 Å². The largest absolute Gasteiger partial charge is 0.450 e. The van der Waals surface area contributed by atoms with Gasteiger partial charge in [0.25, 0.3) is 0 Å². The van der Waals surface area contributed by atoms with Gasteiger partial charge in [0.1, 0.15) is 12.5 Å². The van der Waals surface area contributed by atoms with Crippen molar-refractivity contribution in [2.45, 2.75) is 57.8 Å². The standard InChI is InChI=1S/C29H44N6O6/c1-2-41-29(40)33(18-10-20-35-26(37)22-12-4-6-14-24(22)32-28(35)39)17-8-7-15-30-16-9-19-34-25(36)21-11-3-5-13-23(21)31-27(34)38/h3-6,11-14,25-28,30-32,36-39H,2,7-10,15-20H2,1H3. The Morgan fingerprint density at radius 2 is 1.32 bits per heavy atom. The zero-order valence-electron chi connectivity index (χ0n) is 23.7. The molecule has 0 bridgehead atoms. The van der Waals surface area contributed by atoms with E-state index in [0.29, 0.717) is 50.5 Å². The molecule has 2 aromatic rings. The first kappa shape index (κ1) is 31.0. The van der Waals surface area contributed by atoms with Gasteiger partial charge in [0.2, 0.25) is 0 Å². The Hall–Kier alpha value is -2.97. The number of nitrogens with one attached hydrogen (secondary N) is 3. The fourth-order valence-corrected chi connectivity index (χ4v) is 5.28. The van der Waals surface area contributed by atoms with Gasteiger partial charge in [0, 0.05) is 48.7 Å². The molecule has 2 aliphatic heterocycles. The van der Waals surface area contributed by atoms with Crippen LogP contribution in [0.5, 0.6) is 0 Å². The van der Waals surface area contributed by atoms with E-state index in [1.165, 1.54) is 0 Å². The molecule has 2 aromatic carbocycles. The van der Waals surface area contributed by atoms with Crippen LogP contribution in [-0.2, 0) is 4.74 Å². The second kappa shape index (κ2) is 15.3. The molecule has 0 saturated carbocycles. The molecule has 4 rings (SSSR count). The number of carbonyl (C=O) groups is 1. The highest BCUT2D eigenvalue weighted by molar-refractivity contribution is 5.67. The van der Waals surface area contributed by atoms with Crippen molar-refractivity contribution in [1.82, 2.24) is 20.0 Å². The summed E-state index contributed by atoms with van der Waals surface area (Å²) in [7, 11) is 0. The fraction of sp³-hybridized carbons (Fsp3) is 0.552. The highest BCUT2D eigenvalue weighted by Crippen LogP contribution is 2.33. The third kappa shape index (κ3) is 8.07. The molecule has 0 aliphatic carbocycles. The number of rotatable bonds is 14. The molecule has 0 aromatic heterocycles. The number of aliphatic hydroxyl groups excluding tert-OH is 4. The summed E-state index contributed by atoms with van der Waals surface area (Å²) in [6.07, 6.45) is -1.15. The van der Waals surface area contributed by atoms with Gasteiger partial charge in [-0.3, -0.25) is 0 Å². The second-order valence-corrected chi connectivity index (χ2v) is 10.3. The lowest BCUT2D eigenvalue weighted by Gasteiger charge is -2.38. The molecule has 0 spiro atoms. The van der Waals surface area contributed by atoms with E-state index in [0.717, 1.165) is 43.6 Å². The van der Waals surface area contributed by atoms with Gasteiger partial charge in [-0.15, -0.1) is 0 Å². The third-order valence-corrected chi connectivity index (χ3v) is 7.48. The SMILES string of the molecule is CCOC(=O)N(CCCCNCCCN1C(O)Nc2ccccc2C1O)CCCN1C(O)Nc2ccccc2C1O. The predicted molar refractivity (Wildman–Crippen MR) is 155 cm³/mol. The second-order valence-electron chi connectivity index (χ2n) is 10.3. The zero-order chi connectivity index (χ0) is 29.2. The first-order valence-electron chi connectivity index (χ1n) is 14.5. The van der Waals surface area contributed by atoms with Crippen LogP contribution in [-0.4, -0.2) is 99.8 Å². The van der Waals surface area contributed by atoms with Crippen molar-refractivity contribution < 1.29 is 30.0 Å². The topological polar surface area (TPSA) is 153 Å². The van der Waals surface area contributed by atoms with E-state index in [9.17, 15) is 25.2 Å². The Morgan fingerprint density at radius 3 is 1.90 bits per heavy atom. The van der Waals surface area contributed by atoms with E-state index in [1.54, 1.807) is 21.6 Å². The van der Waals surface area contributed by atoms with Crippen LogP contribution in [0.1, 0.15) is 56.2 Å². The highest BCUT2D eigenvalue weighted by Gasteiger charge is 2.32. The van der Waals surface area contributed by atoms with Gasteiger partial charge < -0.3 is 46.0 Å². The number of para-hydroxylation sites is 2. The molecule has 41 heavy (non-hydrogen) atoms. The van der Waals surface area contributed by atoms with Crippen molar-refractivity contribution in [2.24, 2.45) is 0 Å². The maximum atomic E-state index is 12.5. The summed E-state index contributed by atoms with van der Waals surface area (Å²) in [5.41, 5.74) is 2.90. The molecule has 0 saturated heterocycles. The van der Waals surface area contributed by atoms with Gasteiger partial charge >= 0.3 is 6.09 Å². The van der Waals surface area contributed by atoms with Crippen molar-refractivity contribution in [2.75, 3.05) is 56.5 Å². The molecule has 12 heteroatoms. The van der Waals surface area contributed by atoms with Crippen LogP contribution in [0.25, 0.3) is 0 Å². The molecule has 12 nitrogen and oxygen atoms in total. The van der Waals surface area contributed by atoms with Crippen molar-refractivity contribution >= 4 is 17.5 Å². The third-order valence-electron chi connectivity index (χ3n) is 7.48. The lowest BCUT2D eigenvalue weighted by Crippen LogP contribution is -2.48. The number of aliphatic hydroxyl groups is 4. The number of unbranched alkanes of at least 4 members (excludes halogenated alkanes) is 1. The fourth-order valence-electron chi connectivity index (χ4n) is 5.28. The number of anilines is 2. The smallest absolute Gasteiger partial charge is 0.409 e. The van der Waals surface area contributed by atoms with Crippen molar-refractivity contribution in [3.05, 3.63) is 59.7 Å². The number of fused-ring (bicyclic) bond motifs is 2. The normalized spacial score (nSPS) is 22.3. The summed E-state index contributed by atoms with van der Waals surface area (Å²) in [6, 6.07) is 14.7. The minimum Gasteiger partial charge on any atom is -0.450 e. The van der Waals surface area contributed by atoms with Crippen LogP contribution in [0.4, 0.5) is 16.2 Å². The van der Waals surface area contributed by atoms with Crippen molar-refractivity contribution in [3.8, 4) is 0 Å². The van der Waals surface area contributed by atoms with Crippen LogP contribution in [0.2, 0.25) is 0 Å². The molecule has 2 aliphatic rings. The molecule has 4 unspecified atom stereocenters. The van der Waals surface area contributed by atoms with E-state index in [1.807, 2.05) is 48.5 Å². The number of amides is 1. The summed E-state index contributed by atoms with van der Waals surface area (Å²) in [5.74, 6) is 0. The van der Waals surface area contributed by atoms with Crippen LogP contribution in [0, 0.1) is 0 Å². The quantitative estimate of drug-likeness (QED) is 0.166. The maximum absolute atomic E-state index is 12.5. The number of nitrogens with zero attached hydrogens (tertiary/aromatic N) is 3. The number of ether oxygens (including phenoxy) is 1. The van der Waals surface area contributed by atoms with Crippen LogP contribution in [0.3, 0.4) is 0 Å². The Labute approximate surface area is 241 Å². The Kier molecular flexibility index (Phi) is 11.6. The summed E-state index contributed by atoms with van der Waals surface area (Å²) in [6.45, 7) is 5.49. The molecule has 0 radical (unpaired) electrons. The molecule has 226 valence electrons. The van der Waals surface area contributed by atoms with E-state index >= 15 is 0 Å². The van der Waals surface area contributed by atoms with Gasteiger partial charge in [-0.2, -0.15) is 0 Å². The highest BCUT2D eigenvalue weighted by atomic mass is 16.6. The van der Waals surface area contributed by atoms with E-state index < -0.39 is 25.2 Å². The van der Waals surface area contributed by atoms with Gasteiger partial charge in [0.05, 0.1) is 6.61 Å².